The normalized spacial score (nSPS) is 25.4. The van der Waals surface area contributed by atoms with Crippen molar-refractivity contribution >= 4 is 11.7 Å². The number of benzene rings is 1. The van der Waals surface area contributed by atoms with E-state index < -0.39 is 0 Å². The Kier molecular flexibility index (Phi) is 4.12. The molecule has 2 bridgehead atoms. The molecule has 0 unspecified atom stereocenters. The number of fused-ring (bicyclic) bond motifs is 5. The van der Waals surface area contributed by atoms with Crippen LogP contribution in [0.15, 0.2) is 42.6 Å². The summed E-state index contributed by atoms with van der Waals surface area (Å²) < 4.78 is 0. The summed E-state index contributed by atoms with van der Waals surface area (Å²) in [7, 11) is 0. The SMILES string of the molecule is Nc1cc(C(=O)N2C[C@H]3CC[C@@H]2CN(C2Cc4ccccc4C2)C3)ccn1. The Balaban J connectivity index is 1.34. The minimum Gasteiger partial charge on any atom is -0.384 e. The minimum absolute atomic E-state index is 0.107. The van der Waals surface area contributed by atoms with Crippen LogP contribution in [-0.4, -0.2) is 52.4 Å². The molecule has 0 spiro atoms. The lowest BCUT2D eigenvalue weighted by molar-refractivity contribution is 0.0581. The predicted octanol–water partition coefficient (Wildman–Crippen LogP) is 2.37. The molecule has 2 atom stereocenters. The molecule has 6 rings (SSSR count). The second kappa shape index (κ2) is 6.64. The van der Waals surface area contributed by atoms with E-state index in [1.54, 1.807) is 18.3 Å². The van der Waals surface area contributed by atoms with Crippen molar-refractivity contribution in [2.24, 2.45) is 5.92 Å². The van der Waals surface area contributed by atoms with Crippen LogP contribution in [0.25, 0.3) is 0 Å². The van der Waals surface area contributed by atoms with Crippen LogP contribution in [0.5, 0.6) is 0 Å². The topological polar surface area (TPSA) is 62.5 Å². The highest BCUT2D eigenvalue weighted by atomic mass is 16.2. The number of carbonyl (C=O) groups excluding carboxylic acids is 1. The van der Waals surface area contributed by atoms with E-state index >= 15 is 0 Å². The largest absolute Gasteiger partial charge is 0.384 e. The maximum atomic E-state index is 13.1. The second-order valence-electron chi connectivity index (χ2n) is 8.31. The fourth-order valence-corrected chi connectivity index (χ4v) is 5.21. The van der Waals surface area contributed by atoms with Gasteiger partial charge in [-0.2, -0.15) is 0 Å². The molecule has 1 amide bonds. The molecule has 4 heterocycles. The third-order valence-corrected chi connectivity index (χ3v) is 6.58. The predicted molar refractivity (Wildman–Crippen MR) is 105 cm³/mol. The average Bonchev–Trinajstić information content (AvgIpc) is 2.90. The molecule has 140 valence electrons. The molecule has 0 saturated carbocycles. The average molecular weight is 362 g/mol. The molecule has 1 aliphatic carbocycles. The monoisotopic (exact) mass is 362 g/mol. The van der Waals surface area contributed by atoms with E-state index in [1.807, 2.05) is 0 Å². The van der Waals surface area contributed by atoms with E-state index in [0.717, 1.165) is 38.9 Å². The fraction of sp³-hybridized carbons (Fsp3) is 0.455. The quantitative estimate of drug-likeness (QED) is 0.891. The fourth-order valence-electron chi connectivity index (χ4n) is 5.21. The van der Waals surface area contributed by atoms with Crippen molar-refractivity contribution in [3.8, 4) is 0 Å². The molecule has 4 aliphatic rings. The number of piperidine rings is 1. The van der Waals surface area contributed by atoms with Crippen LogP contribution in [0.4, 0.5) is 5.82 Å². The first kappa shape index (κ1) is 16.8. The zero-order valence-electron chi connectivity index (χ0n) is 15.6. The van der Waals surface area contributed by atoms with E-state index in [9.17, 15) is 4.79 Å². The van der Waals surface area contributed by atoms with E-state index in [0.29, 0.717) is 29.4 Å². The van der Waals surface area contributed by atoms with Gasteiger partial charge >= 0.3 is 0 Å². The summed E-state index contributed by atoms with van der Waals surface area (Å²) in [6, 6.07) is 13.2. The Bertz CT molecular complexity index is 842. The number of rotatable bonds is 2. The van der Waals surface area contributed by atoms with Crippen molar-refractivity contribution in [1.82, 2.24) is 14.8 Å². The van der Waals surface area contributed by atoms with Gasteiger partial charge in [0.05, 0.1) is 0 Å². The van der Waals surface area contributed by atoms with Crippen LogP contribution < -0.4 is 5.73 Å². The van der Waals surface area contributed by atoms with Gasteiger partial charge in [-0.1, -0.05) is 24.3 Å². The lowest BCUT2D eigenvalue weighted by Crippen LogP contribution is -2.48. The van der Waals surface area contributed by atoms with Gasteiger partial charge in [-0.25, -0.2) is 4.98 Å². The number of carbonyl (C=O) groups is 1. The number of pyridine rings is 1. The summed E-state index contributed by atoms with van der Waals surface area (Å²) in [5.41, 5.74) is 9.45. The number of anilines is 1. The third-order valence-electron chi connectivity index (χ3n) is 6.58. The summed E-state index contributed by atoms with van der Waals surface area (Å²) in [6.07, 6.45) is 6.24. The summed E-state index contributed by atoms with van der Waals surface area (Å²) in [5.74, 6) is 1.08. The molecule has 1 aromatic heterocycles. The van der Waals surface area contributed by atoms with Crippen molar-refractivity contribution in [3.63, 3.8) is 0 Å². The molecule has 3 saturated heterocycles. The maximum absolute atomic E-state index is 13.1. The molecule has 3 fully saturated rings. The molecule has 27 heavy (non-hydrogen) atoms. The molecular weight excluding hydrogens is 336 g/mol. The van der Waals surface area contributed by atoms with E-state index in [4.69, 9.17) is 5.73 Å². The van der Waals surface area contributed by atoms with Crippen molar-refractivity contribution in [2.75, 3.05) is 25.4 Å². The Hall–Kier alpha value is -2.40. The van der Waals surface area contributed by atoms with Gasteiger partial charge in [0.1, 0.15) is 5.82 Å². The Labute approximate surface area is 160 Å². The third kappa shape index (κ3) is 3.10. The first-order chi connectivity index (χ1) is 13.2. The molecule has 0 radical (unpaired) electrons. The first-order valence-corrected chi connectivity index (χ1v) is 10.0. The van der Waals surface area contributed by atoms with E-state index in [2.05, 4.69) is 39.0 Å². The standard InChI is InChI=1S/C22H26N4O/c23-21-11-18(7-8-24-21)22(27)26-13-15-5-6-19(26)14-25(12-15)20-9-16-3-1-2-4-17(16)10-20/h1-4,7-8,11,15,19-20H,5-6,9-10,12-14H2,(H2,23,24)/t15-,19+/m0/s1. The number of nitrogens with two attached hydrogens (primary N) is 1. The number of nitrogen functional groups attached to an aromatic ring is 1. The van der Waals surface area contributed by atoms with Crippen molar-refractivity contribution in [1.29, 1.82) is 0 Å². The van der Waals surface area contributed by atoms with Gasteiger partial charge in [0.2, 0.25) is 0 Å². The van der Waals surface area contributed by atoms with Gasteiger partial charge in [-0.15, -0.1) is 0 Å². The smallest absolute Gasteiger partial charge is 0.254 e. The number of nitrogens with zero attached hydrogens (tertiary/aromatic N) is 3. The molecular formula is C22H26N4O. The first-order valence-electron chi connectivity index (χ1n) is 10.0. The van der Waals surface area contributed by atoms with E-state index in [-0.39, 0.29) is 5.91 Å². The summed E-state index contributed by atoms with van der Waals surface area (Å²) in [5, 5.41) is 0. The molecule has 5 nitrogen and oxygen atoms in total. The zero-order valence-corrected chi connectivity index (χ0v) is 15.6. The van der Waals surface area contributed by atoms with Crippen LogP contribution >= 0.6 is 0 Å². The molecule has 3 aliphatic heterocycles. The van der Waals surface area contributed by atoms with Crippen LogP contribution in [0.3, 0.4) is 0 Å². The van der Waals surface area contributed by atoms with Crippen LogP contribution in [-0.2, 0) is 12.8 Å². The number of aromatic nitrogens is 1. The van der Waals surface area contributed by atoms with E-state index in [1.165, 1.54) is 17.5 Å². The highest BCUT2D eigenvalue weighted by Gasteiger charge is 2.40. The summed E-state index contributed by atoms with van der Waals surface area (Å²) >= 11 is 0. The number of hydrogen-bond acceptors (Lipinski definition) is 4. The molecule has 2 aromatic rings. The highest BCUT2D eigenvalue weighted by molar-refractivity contribution is 5.95. The maximum Gasteiger partial charge on any atom is 0.254 e. The Morgan fingerprint density at radius 3 is 2.52 bits per heavy atom. The van der Waals surface area contributed by atoms with Gasteiger partial charge in [0.25, 0.3) is 5.91 Å². The van der Waals surface area contributed by atoms with Gasteiger partial charge in [0.15, 0.2) is 0 Å². The van der Waals surface area contributed by atoms with Crippen molar-refractivity contribution in [2.45, 2.75) is 37.8 Å². The summed E-state index contributed by atoms with van der Waals surface area (Å²) in [6.45, 7) is 2.96. The van der Waals surface area contributed by atoms with Gasteiger partial charge in [-0.05, 0) is 54.9 Å². The lowest BCUT2D eigenvalue weighted by Gasteiger charge is -2.36. The van der Waals surface area contributed by atoms with Crippen LogP contribution in [0.2, 0.25) is 0 Å². The van der Waals surface area contributed by atoms with Crippen LogP contribution in [0.1, 0.15) is 34.3 Å². The molecule has 2 N–H and O–H groups in total. The number of amides is 1. The molecule has 1 aromatic carbocycles. The Morgan fingerprint density at radius 1 is 1.00 bits per heavy atom. The van der Waals surface area contributed by atoms with Gasteiger partial charge < -0.3 is 10.6 Å². The Morgan fingerprint density at radius 2 is 1.78 bits per heavy atom. The van der Waals surface area contributed by atoms with Gasteiger partial charge in [0, 0.05) is 43.5 Å². The lowest BCUT2D eigenvalue weighted by atomic mass is 9.94. The highest BCUT2D eigenvalue weighted by Crippen LogP contribution is 2.33. The molecule has 5 heteroatoms. The number of hydrogen-bond donors (Lipinski definition) is 1. The zero-order chi connectivity index (χ0) is 18.4. The summed E-state index contributed by atoms with van der Waals surface area (Å²) in [4.78, 5) is 21.9. The minimum atomic E-state index is 0.107. The van der Waals surface area contributed by atoms with Crippen molar-refractivity contribution < 1.29 is 4.79 Å². The van der Waals surface area contributed by atoms with Crippen molar-refractivity contribution in [3.05, 3.63) is 59.3 Å². The van der Waals surface area contributed by atoms with Crippen LogP contribution in [0, 0.1) is 5.92 Å². The van der Waals surface area contributed by atoms with Gasteiger partial charge in [-0.3, -0.25) is 9.69 Å². The second-order valence-corrected chi connectivity index (χ2v) is 8.31.